The van der Waals surface area contributed by atoms with Gasteiger partial charge in [0.1, 0.15) is 0 Å². The van der Waals surface area contributed by atoms with Gasteiger partial charge in [-0.15, -0.1) is 0 Å². The molecule has 0 atom stereocenters. The van der Waals surface area contributed by atoms with Crippen LogP contribution in [0.2, 0.25) is 0 Å². The predicted octanol–water partition coefficient (Wildman–Crippen LogP) is 10.8. The third kappa shape index (κ3) is 3.64. The van der Waals surface area contributed by atoms with Gasteiger partial charge in [-0.05, 0) is 68.1 Å². The molecular weight excluding hydrogens is 470 g/mol. The number of pyridine rings is 1. The Balaban J connectivity index is 0.000000484. The zero-order valence-electron chi connectivity index (χ0n) is 23.9. The highest BCUT2D eigenvalue weighted by Crippen LogP contribution is 2.63. The van der Waals surface area contributed by atoms with E-state index >= 15 is 0 Å². The van der Waals surface area contributed by atoms with E-state index in [1.54, 1.807) is 0 Å². The summed E-state index contributed by atoms with van der Waals surface area (Å²) in [4.78, 5) is 4.75. The van der Waals surface area contributed by atoms with Gasteiger partial charge >= 0.3 is 0 Å². The van der Waals surface area contributed by atoms with Gasteiger partial charge in [-0.25, -0.2) is 0 Å². The highest BCUT2D eigenvalue weighted by molar-refractivity contribution is 6.09. The maximum Gasteiger partial charge on any atom is 0.0725 e. The second-order valence-corrected chi connectivity index (χ2v) is 9.15. The standard InChI is InChI=1S/C32H19N.3C2H6/c1-5-13-27-21(9-1)22-10-2-6-14-28(22)32(27)29-15-7-3-11-23(29)26-17-20-19-33-31-16-8-4-12-24(31)25(20)18-30(26)32;3*1-2/h1-19H;3*1-2H3. The molecule has 5 aromatic carbocycles. The van der Waals surface area contributed by atoms with Crippen molar-refractivity contribution in [1.82, 2.24) is 4.98 Å². The Morgan fingerprint density at radius 1 is 0.436 bits per heavy atom. The van der Waals surface area contributed by atoms with Crippen molar-refractivity contribution >= 4 is 21.7 Å². The molecule has 6 aromatic rings. The number of hydrogen-bond acceptors (Lipinski definition) is 1. The number of hydrogen-bond donors (Lipinski definition) is 0. The van der Waals surface area contributed by atoms with Crippen LogP contribution in [0.25, 0.3) is 43.9 Å². The third-order valence-corrected chi connectivity index (χ3v) is 7.70. The summed E-state index contributed by atoms with van der Waals surface area (Å²) in [5.74, 6) is 0. The fourth-order valence-electron chi connectivity index (χ4n) is 6.45. The fourth-order valence-corrected chi connectivity index (χ4v) is 6.45. The normalized spacial score (nSPS) is 12.6. The second-order valence-electron chi connectivity index (χ2n) is 9.15. The Bertz CT molecular complexity index is 1730. The van der Waals surface area contributed by atoms with Gasteiger partial charge in [0, 0.05) is 17.0 Å². The molecule has 1 aromatic heterocycles. The third-order valence-electron chi connectivity index (χ3n) is 7.70. The molecule has 0 radical (unpaired) electrons. The van der Waals surface area contributed by atoms with Crippen LogP contribution in [0, 0.1) is 0 Å². The summed E-state index contributed by atoms with van der Waals surface area (Å²) in [6, 6.07) is 40.2. The van der Waals surface area contributed by atoms with E-state index < -0.39 is 0 Å². The van der Waals surface area contributed by atoms with Crippen molar-refractivity contribution in [3.63, 3.8) is 0 Å². The lowest BCUT2D eigenvalue weighted by Gasteiger charge is -2.30. The molecule has 0 aliphatic heterocycles. The van der Waals surface area contributed by atoms with Crippen molar-refractivity contribution in [1.29, 1.82) is 0 Å². The Kier molecular flexibility index (Phi) is 7.35. The van der Waals surface area contributed by atoms with Gasteiger partial charge in [0.15, 0.2) is 0 Å². The van der Waals surface area contributed by atoms with Gasteiger partial charge in [0.2, 0.25) is 0 Å². The lowest BCUT2D eigenvalue weighted by atomic mass is 9.70. The SMILES string of the molecule is CC.CC.CC.c1ccc2c(c1)-c1ccccc1C21c2ccccc2-c2cc3cnc4ccccc4c3cc21. The lowest BCUT2D eigenvalue weighted by Crippen LogP contribution is -2.25. The average molecular weight is 508 g/mol. The summed E-state index contributed by atoms with van der Waals surface area (Å²) in [7, 11) is 0. The van der Waals surface area contributed by atoms with Crippen molar-refractivity contribution in [3.05, 3.63) is 138 Å². The molecule has 0 unspecified atom stereocenters. The summed E-state index contributed by atoms with van der Waals surface area (Å²) in [5, 5.41) is 3.68. The molecule has 8 rings (SSSR count). The molecular formula is C38H37N. The number of nitrogens with zero attached hydrogens (tertiary/aromatic N) is 1. The molecule has 194 valence electrons. The Morgan fingerprint density at radius 3 is 1.46 bits per heavy atom. The molecule has 2 aliphatic rings. The molecule has 0 amide bonds. The van der Waals surface area contributed by atoms with E-state index in [-0.39, 0.29) is 5.41 Å². The van der Waals surface area contributed by atoms with Crippen molar-refractivity contribution in [2.75, 3.05) is 0 Å². The number of aromatic nitrogens is 1. The van der Waals surface area contributed by atoms with Crippen LogP contribution in [-0.4, -0.2) is 4.98 Å². The van der Waals surface area contributed by atoms with Crippen LogP contribution in [0.15, 0.2) is 115 Å². The molecule has 0 saturated heterocycles. The van der Waals surface area contributed by atoms with E-state index in [4.69, 9.17) is 4.98 Å². The predicted molar refractivity (Wildman–Crippen MR) is 170 cm³/mol. The highest BCUT2D eigenvalue weighted by Gasteiger charge is 2.51. The maximum absolute atomic E-state index is 4.75. The summed E-state index contributed by atoms with van der Waals surface area (Å²) in [6.07, 6.45) is 2.03. The molecule has 1 heterocycles. The smallest absolute Gasteiger partial charge is 0.0725 e. The summed E-state index contributed by atoms with van der Waals surface area (Å²) < 4.78 is 0. The van der Waals surface area contributed by atoms with Crippen LogP contribution in [0.5, 0.6) is 0 Å². The molecule has 39 heavy (non-hydrogen) atoms. The molecule has 2 aliphatic carbocycles. The van der Waals surface area contributed by atoms with Crippen LogP contribution in [0.4, 0.5) is 0 Å². The summed E-state index contributed by atoms with van der Waals surface area (Å²) in [5.41, 5.74) is 11.6. The molecule has 1 nitrogen and oxygen atoms in total. The van der Waals surface area contributed by atoms with Crippen LogP contribution < -0.4 is 0 Å². The number of rotatable bonds is 0. The van der Waals surface area contributed by atoms with Gasteiger partial charge in [-0.3, -0.25) is 4.98 Å². The molecule has 0 fully saturated rings. The van der Waals surface area contributed by atoms with E-state index in [2.05, 4.69) is 109 Å². The van der Waals surface area contributed by atoms with E-state index in [0.717, 1.165) is 5.52 Å². The monoisotopic (exact) mass is 507 g/mol. The topological polar surface area (TPSA) is 12.9 Å². The highest BCUT2D eigenvalue weighted by atomic mass is 14.6. The van der Waals surface area contributed by atoms with Gasteiger partial charge in [-0.1, -0.05) is 133 Å². The largest absolute Gasteiger partial charge is 0.256 e. The van der Waals surface area contributed by atoms with E-state index in [0.29, 0.717) is 0 Å². The number of para-hydroxylation sites is 1. The van der Waals surface area contributed by atoms with Gasteiger partial charge < -0.3 is 0 Å². The van der Waals surface area contributed by atoms with E-state index in [1.165, 1.54) is 60.7 Å². The molecule has 1 spiro atoms. The average Bonchev–Trinajstić information content (AvgIpc) is 3.50. The van der Waals surface area contributed by atoms with Crippen LogP contribution in [0.3, 0.4) is 0 Å². The van der Waals surface area contributed by atoms with E-state index in [9.17, 15) is 0 Å². The number of fused-ring (bicyclic) bond motifs is 13. The summed E-state index contributed by atoms with van der Waals surface area (Å²) >= 11 is 0. The zero-order valence-corrected chi connectivity index (χ0v) is 23.9. The van der Waals surface area contributed by atoms with Gasteiger partial charge in [0.25, 0.3) is 0 Å². The number of benzene rings is 5. The van der Waals surface area contributed by atoms with Crippen LogP contribution in [0.1, 0.15) is 63.8 Å². The first kappa shape index (κ1) is 26.4. The van der Waals surface area contributed by atoms with Gasteiger partial charge in [0.05, 0.1) is 10.9 Å². The quantitative estimate of drug-likeness (QED) is 0.186. The summed E-state index contributed by atoms with van der Waals surface area (Å²) in [6.45, 7) is 12.0. The minimum Gasteiger partial charge on any atom is -0.256 e. The Morgan fingerprint density at radius 2 is 0.897 bits per heavy atom. The van der Waals surface area contributed by atoms with Crippen molar-refractivity contribution in [2.24, 2.45) is 0 Å². The van der Waals surface area contributed by atoms with Crippen LogP contribution in [-0.2, 0) is 5.41 Å². The first-order valence-electron chi connectivity index (χ1n) is 14.5. The first-order valence-corrected chi connectivity index (χ1v) is 14.5. The zero-order chi connectivity index (χ0) is 27.6. The Labute approximate surface area is 233 Å². The first-order chi connectivity index (χ1) is 19.4. The van der Waals surface area contributed by atoms with Crippen molar-refractivity contribution in [3.8, 4) is 22.3 Å². The molecule has 0 bridgehead atoms. The van der Waals surface area contributed by atoms with Crippen LogP contribution >= 0.6 is 0 Å². The maximum atomic E-state index is 4.75. The molecule has 0 N–H and O–H groups in total. The lowest BCUT2D eigenvalue weighted by molar-refractivity contribution is 0.795. The van der Waals surface area contributed by atoms with Gasteiger partial charge in [-0.2, -0.15) is 0 Å². The molecule has 0 saturated carbocycles. The van der Waals surface area contributed by atoms with Crippen molar-refractivity contribution in [2.45, 2.75) is 47.0 Å². The minimum absolute atomic E-state index is 0.294. The Hall–Kier alpha value is -4.23. The minimum atomic E-state index is -0.294. The van der Waals surface area contributed by atoms with E-state index in [1.807, 2.05) is 47.7 Å². The van der Waals surface area contributed by atoms with Crippen molar-refractivity contribution < 1.29 is 0 Å². The second kappa shape index (κ2) is 10.9. The fraction of sp³-hybridized carbons (Fsp3) is 0.184. The molecule has 1 heteroatoms.